The Hall–Kier alpha value is -2.25. The average Bonchev–Trinajstić information content (AvgIpc) is 2.68. The van der Waals surface area contributed by atoms with E-state index < -0.39 is 17.0 Å². The van der Waals surface area contributed by atoms with Gasteiger partial charge in [-0.25, -0.2) is 4.79 Å². The Morgan fingerprint density at radius 1 is 1.33 bits per heavy atom. The number of esters is 1. The molecule has 0 saturated carbocycles. The second kappa shape index (κ2) is 11.5. The Kier molecular flexibility index (Phi) is 9.67. The summed E-state index contributed by atoms with van der Waals surface area (Å²) in [7, 11) is 0. The number of nitro groups is 1. The van der Waals surface area contributed by atoms with E-state index in [0.29, 0.717) is 12.1 Å². The minimum atomic E-state index is -0.725. The molecular weight excluding hydrogens is 348 g/mol. The third kappa shape index (κ3) is 7.88. The summed E-state index contributed by atoms with van der Waals surface area (Å²) in [5.74, 6) is -0.583. The number of rotatable bonds is 12. The highest BCUT2D eigenvalue weighted by Crippen LogP contribution is 2.14. The van der Waals surface area contributed by atoms with Crippen molar-refractivity contribution < 1.29 is 24.0 Å². The van der Waals surface area contributed by atoms with Crippen molar-refractivity contribution in [2.75, 3.05) is 32.8 Å². The van der Waals surface area contributed by atoms with Crippen LogP contribution in [0.2, 0.25) is 0 Å². The number of hydrogen-bond donors (Lipinski definition) is 1. The van der Waals surface area contributed by atoms with Gasteiger partial charge in [-0.3, -0.25) is 10.1 Å². The van der Waals surface area contributed by atoms with Crippen LogP contribution in [0.15, 0.2) is 30.3 Å². The molecule has 0 spiro atoms. The van der Waals surface area contributed by atoms with E-state index in [1.165, 1.54) is 24.3 Å². The first-order valence-corrected chi connectivity index (χ1v) is 9.48. The van der Waals surface area contributed by atoms with Gasteiger partial charge in [0.1, 0.15) is 19.3 Å². The quantitative estimate of drug-likeness (QED) is 0.198. The van der Waals surface area contributed by atoms with E-state index in [4.69, 9.17) is 4.74 Å². The van der Waals surface area contributed by atoms with Crippen LogP contribution in [0, 0.1) is 10.1 Å². The number of ether oxygens (including phenoxy) is 1. The van der Waals surface area contributed by atoms with Crippen molar-refractivity contribution in [1.82, 2.24) is 0 Å². The molecule has 0 aromatic heterocycles. The Bertz CT molecular complexity index is 641. The molecule has 1 N–H and O–H groups in total. The van der Waals surface area contributed by atoms with E-state index >= 15 is 0 Å². The number of hydrogen-bond acceptors (Lipinski definition) is 5. The highest BCUT2D eigenvalue weighted by atomic mass is 16.6. The van der Waals surface area contributed by atoms with Gasteiger partial charge >= 0.3 is 5.97 Å². The van der Waals surface area contributed by atoms with Crippen molar-refractivity contribution >= 4 is 17.7 Å². The van der Waals surface area contributed by atoms with Crippen molar-refractivity contribution in [3.05, 3.63) is 46.0 Å². The molecule has 0 bridgehead atoms. The van der Waals surface area contributed by atoms with Crippen molar-refractivity contribution in [1.29, 1.82) is 0 Å². The smallest absolute Gasteiger partial charge is 0.330 e. The van der Waals surface area contributed by atoms with Crippen molar-refractivity contribution in [3.8, 4) is 0 Å². The van der Waals surface area contributed by atoms with Crippen LogP contribution in [-0.4, -0.2) is 59.4 Å². The van der Waals surface area contributed by atoms with Gasteiger partial charge in [-0.05, 0) is 31.9 Å². The van der Waals surface area contributed by atoms with E-state index in [1.54, 1.807) is 12.1 Å². The summed E-state index contributed by atoms with van der Waals surface area (Å²) in [5, 5.41) is 21.0. The van der Waals surface area contributed by atoms with Crippen molar-refractivity contribution in [3.63, 3.8) is 0 Å². The molecule has 1 rings (SSSR count). The lowest BCUT2D eigenvalue weighted by Crippen LogP contribution is -2.53. The second-order valence-electron chi connectivity index (χ2n) is 6.70. The van der Waals surface area contributed by atoms with Crippen LogP contribution in [-0.2, 0) is 9.53 Å². The van der Waals surface area contributed by atoms with Crippen LogP contribution < -0.4 is 0 Å². The lowest BCUT2D eigenvalue weighted by atomic mass is 10.2. The van der Waals surface area contributed by atoms with Gasteiger partial charge in [-0.15, -0.1) is 0 Å². The van der Waals surface area contributed by atoms with E-state index in [0.717, 1.165) is 37.0 Å². The zero-order valence-electron chi connectivity index (χ0n) is 16.5. The number of aliphatic hydroxyl groups is 1. The number of carbonyl (C=O) groups excluding carboxylic acids is 1. The molecule has 0 heterocycles. The molecule has 150 valence electrons. The first-order chi connectivity index (χ1) is 12.9. The number of quaternary nitrogens is 1. The third-order valence-electron chi connectivity index (χ3n) is 4.84. The maximum atomic E-state index is 11.9. The van der Waals surface area contributed by atoms with Gasteiger partial charge in [-0.2, -0.15) is 0 Å². The molecule has 0 amide bonds. The molecule has 7 heteroatoms. The monoisotopic (exact) mass is 379 g/mol. The predicted molar refractivity (Wildman–Crippen MR) is 105 cm³/mol. The lowest BCUT2D eigenvalue weighted by molar-refractivity contribution is -0.927. The molecule has 0 aliphatic carbocycles. The topological polar surface area (TPSA) is 89.7 Å². The lowest BCUT2D eigenvalue weighted by Gasteiger charge is -2.38. The molecular formula is C20H31N2O5+. The van der Waals surface area contributed by atoms with Gasteiger partial charge in [-0.1, -0.05) is 25.5 Å². The number of unbranched alkanes of at least 4 members (excludes halogenated alkanes) is 1. The van der Waals surface area contributed by atoms with Crippen LogP contribution in [0.1, 0.15) is 39.2 Å². The average molecular weight is 379 g/mol. The number of likely N-dealkylation sites (N-methyl/N-ethyl adjacent to an activating group) is 1. The highest BCUT2D eigenvalue weighted by molar-refractivity contribution is 5.87. The fourth-order valence-corrected chi connectivity index (χ4v) is 3.02. The number of aliphatic hydroxyl groups excluding tert-OH is 1. The Balaban J connectivity index is 2.55. The van der Waals surface area contributed by atoms with Crippen molar-refractivity contribution in [2.24, 2.45) is 0 Å². The fourth-order valence-electron chi connectivity index (χ4n) is 3.02. The number of non-ortho nitro benzene ring substituents is 1. The minimum absolute atomic E-state index is 0.0405. The number of carbonyl (C=O) groups is 1. The Morgan fingerprint density at radius 2 is 2.04 bits per heavy atom. The second-order valence-corrected chi connectivity index (χ2v) is 6.70. The summed E-state index contributed by atoms with van der Waals surface area (Å²) in [5.41, 5.74) is 0.496. The summed E-state index contributed by atoms with van der Waals surface area (Å²) in [6.45, 7) is 9.70. The van der Waals surface area contributed by atoms with E-state index in [1.807, 2.05) is 0 Å². The number of nitro benzene ring substituents is 1. The van der Waals surface area contributed by atoms with Gasteiger partial charge in [0.15, 0.2) is 0 Å². The summed E-state index contributed by atoms with van der Waals surface area (Å²) in [6, 6.07) is 5.97. The molecule has 0 fully saturated rings. The highest BCUT2D eigenvalue weighted by Gasteiger charge is 2.26. The largest absolute Gasteiger partial charge is 0.460 e. The van der Waals surface area contributed by atoms with Crippen LogP contribution >= 0.6 is 0 Å². The molecule has 0 saturated heterocycles. The SMILES string of the molecule is CCCC[N+](CC)(CC)CC(O)COC(=O)/C=C/c1cccc([N+](=O)[O-])c1. The molecule has 7 nitrogen and oxygen atoms in total. The maximum Gasteiger partial charge on any atom is 0.330 e. The predicted octanol–water partition coefficient (Wildman–Crippen LogP) is 3.17. The third-order valence-corrected chi connectivity index (χ3v) is 4.84. The minimum Gasteiger partial charge on any atom is -0.460 e. The van der Waals surface area contributed by atoms with Crippen LogP contribution in [0.4, 0.5) is 5.69 Å². The van der Waals surface area contributed by atoms with Crippen LogP contribution in [0.3, 0.4) is 0 Å². The first kappa shape index (κ1) is 22.8. The molecule has 1 atom stereocenters. The van der Waals surface area contributed by atoms with Gasteiger partial charge in [0.25, 0.3) is 5.69 Å². The van der Waals surface area contributed by atoms with Gasteiger partial charge in [0.2, 0.25) is 0 Å². The summed E-state index contributed by atoms with van der Waals surface area (Å²) in [6.07, 6.45) is 4.15. The normalized spacial score (nSPS) is 12.9. The number of nitrogens with zero attached hydrogens (tertiary/aromatic N) is 2. The van der Waals surface area contributed by atoms with Gasteiger partial charge < -0.3 is 14.3 Å². The Labute approximate surface area is 161 Å². The van der Waals surface area contributed by atoms with Gasteiger partial charge in [0, 0.05) is 18.2 Å². The zero-order chi connectivity index (χ0) is 20.3. The molecule has 1 unspecified atom stereocenters. The molecule has 0 aliphatic rings. The zero-order valence-corrected chi connectivity index (χ0v) is 16.5. The van der Waals surface area contributed by atoms with Crippen LogP contribution in [0.25, 0.3) is 6.08 Å². The summed E-state index contributed by atoms with van der Waals surface area (Å²) >= 11 is 0. The van der Waals surface area contributed by atoms with E-state index in [-0.39, 0.29) is 12.3 Å². The van der Waals surface area contributed by atoms with Crippen molar-refractivity contribution in [2.45, 2.75) is 39.7 Å². The van der Waals surface area contributed by atoms with E-state index in [9.17, 15) is 20.0 Å². The standard InChI is InChI=1S/C20H31N2O5/c1-4-7-13-22(5-2,6-3)15-19(23)16-27-20(24)12-11-17-9-8-10-18(14-17)21(25)26/h8-12,14,19,23H,4-7,13,15-16H2,1-3H3/q+1/b12-11+. The van der Waals surface area contributed by atoms with Crippen LogP contribution in [0.5, 0.6) is 0 Å². The number of benzene rings is 1. The van der Waals surface area contributed by atoms with Gasteiger partial charge in [0.05, 0.1) is 24.6 Å². The summed E-state index contributed by atoms with van der Waals surface area (Å²) in [4.78, 5) is 22.1. The molecule has 0 aliphatic heterocycles. The molecule has 1 aromatic carbocycles. The first-order valence-electron chi connectivity index (χ1n) is 9.48. The molecule has 1 aromatic rings. The van der Waals surface area contributed by atoms with E-state index in [2.05, 4.69) is 20.8 Å². The fraction of sp³-hybridized carbons (Fsp3) is 0.550. The molecule has 0 radical (unpaired) electrons. The maximum absolute atomic E-state index is 11.9. The summed E-state index contributed by atoms with van der Waals surface area (Å²) < 4.78 is 5.92. The Morgan fingerprint density at radius 3 is 2.63 bits per heavy atom. The molecule has 27 heavy (non-hydrogen) atoms.